The summed E-state index contributed by atoms with van der Waals surface area (Å²) in [5, 5.41) is 10.1. The van der Waals surface area contributed by atoms with E-state index >= 15 is 0 Å². The van der Waals surface area contributed by atoms with Crippen molar-refractivity contribution in [2.24, 2.45) is 0 Å². The molecule has 0 spiro atoms. The lowest BCUT2D eigenvalue weighted by Crippen LogP contribution is -2.03. The fourth-order valence-corrected chi connectivity index (χ4v) is 8.68. The van der Waals surface area contributed by atoms with E-state index in [4.69, 9.17) is 14.4 Å². The van der Waals surface area contributed by atoms with E-state index in [9.17, 15) is 0 Å². The first kappa shape index (κ1) is 28.5. The van der Waals surface area contributed by atoms with E-state index in [0.29, 0.717) is 5.95 Å². The van der Waals surface area contributed by atoms with E-state index in [0.717, 1.165) is 98.8 Å². The van der Waals surface area contributed by atoms with Gasteiger partial charge in [0, 0.05) is 43.6 Å². The van der Waals surface area contributed by atoms with Crippen molar-refractivity contribution in [1.29, 1.82) is 0 Å². The molecule has 5 heteroatoms. The van der Waals surface area contributed by atoms with Crippen LogP contribution in [0.5, 0.6) is 0 Å². The molecular formula is C48H28N4O. The Hall–Kier alpha value is -7.24. The summed E-state index contributed by atoms with van der Waals surface area (Å²) in [6.45, 7) is 0. The Morgan fingerprint density at radius 1 is 0.415 bits per heavy atom. The number of para-hydroxylation sites is 3. The lowest BCUT2D eigenvalue weighted by atomic mass is 10.0. The van der Waals surface area contributed by atoms with Crippen molar-refractivity contribution >= 4 is 87.2 Å². The first-order valence-corrected chi connectivity index (χ1v) is 17.9. The van der Waals surface area contributed by atoms with Crippen LogP contribution in [0.2, 0.25) is 0 Å². The fraction of sp³-hybridized carbons (Fsp3) is 0. The highest BCUT2D eigenvalue weighted by Crippen LogP contribution is 2.45. The van der Waals surface area contributed by atoms with E-state index in [1.54, 1.807) is 0 Å². The number of nitrogens with zero attached hydrogens (tertiary/aromatic N) is 4. The Morgan fingerprint density at radius 3 is 1.94 bits per heavy atom. The number of benzene rings is 8. The van der Waals surface area contributed by atoms with Crippen LogP contribution in [0.3, 0.4) is 0 Å². The molecule has 246 valence electrons. The molecule has 0 saturated heterocycles. The predicted octanol–water partition coefficient (Wildman–Crippen LogP) is 12.5. The van der Waals surface area contributed by atoms with Crippen molar-refractivity contribution in [1.82, 2.24) is 19.1 Å². The van der Waals surface area contributed by atoms with Crippen molar-refractivity contribution in [3.63, 3.8) is 0 Å². The average molecular weight is 677 g/mol. The average Bonchev–Trinajstić information content (AvgIpc) is 3.88. The summed E-state index contributed by atoms with van der Waals surface area (Å²) in [5.41, 5.74) is 10.1. The van der Waals surface area contributed by atoms with E-state index in [1.165, 1.54) is 5.39 Å². The van der Waals surface area contributed by atoms with Gasteiger partial charge in [0.2, 0.25) is 5.95 Å². The van der Waals surface area contributed by atoms with E-state index in [2.05, 4.69) is 173 Å². The quantitative estimate of drug-likeness (QED) is 0.175. The van der Waals surface area contributed by atoms with Crippen molar-refractivity contribution in [3.05, 3.63) is 170 Å². The van der Waals surface area contributed by atoms with Gasteiger partial charge in [-0.25, -0.2) is 9.97 Å². The molecule has 0 saturated carbocycles. The smallest absolute Gasteiger partial charge is 0.235 e. The van der Waals surface area contributed by atoms with Gasteiger partial charge in [-0.3, -0.25) is 4.57 Å². The SMILES string of the molecule is c1ccc(-c2nc(-n3c4ccccc4c4c3ccc3c5c6oc7ccccc7c6ccc5n(-c5ccccc5)c34)nc3ccc4ccccc4c23)cc1. The van der Waals surface area contributed by atoms with Crippen LogP contribution in [0.15, 0.2) is 174 Å². The van der Waals surface area contributed by atoms with Gasteiger partial charge in [-0.1, -0.05) is 115 Å². The molecule has 12 aromatic rings. The second-order valence-corrected chi connectivity index (χ2v) is 13.7. The third-order valence-electron chi connectivity index (χ3n) is 10.9. The zero-order valence-corrected chi connectivity index (χ0v) is 28.4. The first-order chi connectivity index (χ1) is 26.3. The largest absolute Gasteiger partial charge is 0.455 e. The third kappa shape index (κ3) is 3.91. The predicted molar refractivity (Wildman–Crippen MR) is 218 cm³/mol. The lowest BCUT2D eigenvalue weighted by Gasteiger charge is -2.13. The minimum Gasteiger partial charge on any atom is -0.455 e. The Bertz CT molecular complexity index is 3450. The molecule has 0 aliphatic carbocycles. The Labute approximate surface area is 302 Å². The van der Waals surface area contributed by atoms with Gasteiger partial charge in [0.25, 0.3) is 0 Å². The van der Waals surface area contributed by atoms with Gasteiger partial charge in [-0.05, 0) is 65.4 Å². The Morgan fingerprint density at radius 2 is 1.09 bits per heavy atom. The topological polar surface area (TPSA) is 48.8 Å². The molecule has 0 aliphatic rings. The summed E-state index contributed by atoms with van der Waals surface area (Å²) in [6, 6.07) is 59.8. The van der Waals surface area contributed by atoms with Gasteiger partial charge in [0.1, 0.15) is 11.2 Å². The van der Waals surface area contributed by atoms with Gasteiger partial charge in [-0.15, -0.1) is 0 Å². The normalized spacial score (nSPS) is 12.2. The molecule has 0 amide bonds. The summed E-state index contributed by atoms with van der Waals surface area (Å²) in [5.74, 6) is 0.638. The number of aromatic nitrogens is 4. The zero-order chi connectivity index (χ0) is 34.6. The van der Waals surface area contributed by atoms with Crippen LogP contribution in [0, 0.1) is 0 Å². The maximum absolute atomic E-state index is 6.69. The van der Waals surface area contributed by atoms with Gasteiger partial charge < -0.3 is 8.98 Å². The third-order valence-corrected chi connectivity index (χ3v) is 10.9. The molecule has 0 atom stereocenters. The number of hydrogen-bond acceptors (Lipinski definition) is 3. The minimum absolute atomic E-state index is 0.638. The number of hydrogen-bond donors (Lipinski definition) is 0. The Kier molecular flexibility index (Phi) is 5.71. The molecule has 0 radical (unpaired) electrons. The molecule has 53 heavy (non-hydrogen) atoms. The van der Waals surface area contributed by atoms with Crippen LogP contribution < -0.4 is 0 Å². The second kappa shape index (κ2) is 10.6. The zero-order valence-electron chi connectivity index (χ0n) is 28.4. The minimum atomic E-state index is 0.638. The van der Waals surface area contributed by atoms with Crippen LogP contribution in [-0.4, -0.2) is 19.1 Å². The van der Waals surface area contributed by atoms with Gasteiger partial charge in [0.05, 0.1) is 38.7 Å². The highest BCUT2D eigenvalue weighted by atomic mass is 16.3. The monoisotopic (exact) mass is 676 g/mol. The van der Waals surface area contributed by atoms with Crippen molar-refractivity contribution in [2.45, 2.75) is 0 Å². The van der Waals surface area contributed by atoms with Gasteiger partial charge in [-0.2, -0.15) is 0 Å². The molecule has 12 rings (SSSR count). The molecular weight excluding hydrogens is 649 g/mol. The highest BCUT2D eigenvalue weighted by molar-refractivity contribution is 6.31. The van der Waals surface area contributed by atoms with Crippen LogP contribution in [0.25, 0.3) is 110 Å². The van der Waals surface area contributed by atoms with Crippen LogP contribution in [0.1, 0.15) is 0 Å². The maximum Gasteiger partial charge on any atom is 0.235 e. The van der Waals surface area contributed by atoms with E-state index in [1.807, 2.05) is 6.07 Å². The lowest BCUT2D eigenvalue weighted by molar-refractivity contribution is 0.673. The van der Waals surface area contributed by atoms with Crippen LogP contribution >= 0.6 is 0 Å². The number of furan rings is 1. The van der Waals surface area contributed by atoms with Gasteiger partial charge >= 0.3 is 0 Å². The van der Waals surface area contributed by atoms with Crippen LogP contribution in [-0.2, 0) is 0 Å². The first-order valence-electron chi connectivity index (χ1n) is 17.9. The van der Waals surface area contributed by atoms with Crippen molar-refractivity contribution in [2.75, 3.05) is 0 Å². The van der Waals surface area contributed by atoms with Crippen LogP contribution in [0.4, 0.5) is 0 Å². The highest BCUT2D eigenvalue weighted by Gasteiger charge is 2.25. The molecule has 0 bridgehead atoms. The molecule has 0 aliphatic heterocycles. The molecule has 8 aromatic carbocycles. The second-order valence-electron chi connectivity index (χ2n) is 13.7. The molecule has 5 nitrogen and oxygen atoms in total. The van der Waals surface area contributed by atoms with Crippen molar-refractivity contribution in [3.8, 4) is 22.9 Å². The number of rotatable bonds is 3. The van der Waals surface area contributed by atoms with E-state index in [-0.39, 0.29) is 0 Å². The molecule has 4 aromatic heterocycles. The summed E-state index contributed by atoms with van der Waals surface area (Å²) in [6.07, 6.45) is 0. The molecule has 0 unspecified atom stereocenters. The molecule has 4 heterocycles. The Balaban J connectivity index is 1.26. The summed E-state index contributed by atoms with van der Waals surface area (Å²) < 4.78 is 11.3. The van der Waals surface area contributed by atoms with Crippen molar-refractivity contribution < 1.29 is 4.42 Å². The van der Waals surface area contributed by atoms with E-state index < -0.39 is 0 Å². The molecule has 0 fully saturated rings. The molecule has 0 N–H and O–H groups in total. The van der Waals surface area contributed by atoms with Gasteiger partial charge in [0.15, 0.2) is 0 Å². The number of fused-ring (bicyclic) bond motifs is 14. The summed E-state index contributed by atoms with van der Waals surface area (Å²) in [4.78, 5) is 10.8. The summed E-state index contributed by atoms with van der Waals surface area (Å²) >= 11 is 0. The standard InChI is InChI=1S/C48H28N4O/c1-3-14-30(15-4-1)45-42-32-18-8-7-13-29(32)23-26-37(42)49-48(50-45)52-38-21-11-9-20-35(38)43-39(52)28-25-36-44-40(51(46(36)43)31-16-5-2-6-17-31)27-24-34-33-19-10-12-22-41(33)53-47(34)44/h1-28H. The summed E-state index contributed by atoms with van der Waals surface area (Å²) in [7, 11) is 0. The fourth-order valence-electron chi connectivity index (χ4n) is 8.68. The maximum atomic E-state index is 6.69.